The first-order valence-corrected chi connectivity index (χ1v) is 7.64. The van der Waals surface area contributed by atoms with Crippen LogP contribution in [0.15, 0.2) is 22.7 Å². The highest BCUT2D eigenvalue weighted by atomic mass is 79.9. The molecule has 1 aromatic heterocycles. The number of nitrogens with zero attached hydrogens (tertiary/aromatic N) is 3. The van der Waals surface area contributed by atoms with Gasteiger partial charge in [-0.05, 0) is 48.0 Å². The zero-order valence-corrected chi connectivity index (χ0v) is 14.0. The topological polar surface area (TPSA) is 72.0 Å². The molecule has 0 bridgehead atoms. The molecule has 112 valence electrons. The Kier molecular flexibility index (Phi) is 5.58. The van der Waals surface area contributed by atoms with Crippen molar-refractivity contribution in [1.29, 1.82) is 0 Å². The minimum absolute atomic E-state index is 0.268. The molecule has 0 saturated heterocycles. The normalized spacial score (nSPS) is 10.3. The van der Waals surface area contributed by atoms with E-state index in [2.05, 4.69) is 41.5 Å². The van der Waals surface area contributed by atoms with E-state index >= 15 is 0 Å². The van der Waals surface area contributed by atoms with Crippen LogP contribution in [0, 0.1) is 0 Å². The first-order valence-electron chi connectivity index (χ1n) is 6.47. The quantitative estimate of drug-likeness (QED) is 0.802. The Labute approximate surface area is 136 Å². The molecule has 8 heteroatoms. The first-order chi connectivity index (χ1) is 10.1. The van der Waals surface area contributed by atoms with E-state index in [1.165, 1.54) is 0 Å². The maximum absolute atomic E-state index is 5.99. The van der Waals surface area contributed by atoms with Gasteiger partial charge in [0, 0.05) is 16.0 Å². The van der Waals surface area contributed by atoms with Crippen molar-refractivity contribution in [1.82, 2.24) is 15.0 Å². The average molecular weight is 373 g/mol. The fraction of sp³-hybridized carbons (Fsp3) is 0.308. The molecule has 2 rings (SSSR count). The van der Waals surface area contributed by atoms with E-state index in [-0.39, 0.29) is 6.01 Å². The van der Waals surface area contributed by atoms with Crippen molar-refractivity contribution in [3.8, 4) is 6.01 Å². The predicted octanol–water partition coefficient (Wildman–Crippen LogP) is 3.86. The molecule has 21 heavy (non-hydrogen) atoms. The van der Waals surface area contributed by atoms with Crippen molar-refractivity contribution >= 4 is 45.1 Å². The smallest absolute Gasteiger partial charge is 0.323 e. The van der Waals surface area contributed by atoms with Crippen LogP contribution in [0.5, 0.6) is 6.01 Å². The van der Waals surface area contributed by atoms with E-state index in [4.69, 9.17) is 16.3 Å². The summed E-state index contributed by atoms with van der Waals surface area (Å²) in [5.41, 5.74) is 0.763. The van der Waals surface area contributed by atoms with Gasteiger partial charge in [-0.15, -0.1) is 0 Å². The van der Waals surface area contributed by atoms with E-state index in [9.17, 15) is 0 Å². The number of anilines is 3. The summed E-state index contributed by atoms with van der Waals surface area (Å²) in [7, 11) is 0. The molecule has 1 aromatic carbocycles. The van der Waals surface area contributed by atoms with Gasteiger partial charge in [-0.25, -0.2) is 0 Å². The van der Waals surface area contributed by atoms with Crippen molar-refractivity contribution in [2.75, 3.05) is 23.8 Å². The number of rotatable bonds is 6. The molecule has 0 unspecified atom stereocenters. The second kappa shape index (κ2) is 7.42. The van der Waals surface area contributed by atoms with Gasteiger partial charge in [0.05, 0.1) is 12.3 Å². The lowest BCUT2D eigenvalue weighted by Gasteiger charge is -2.10. The highest BCUT2D eigenvalue weighted by Gasteiger charge is 2.09. The molecule has 0 atom stereocenters. The Hall–Kier alpha value is -1.60. The molecular weight excluding hydrogens is 358 g/mol. The summed E-state index contributed by atoms with van der Waals surface area (Å²) >= 11 is 9.44. The molecule has 0 amide bonds. The van der Waals surface area contributed by atoms with Crippen molar-refractivity contribution in [2.24, 2.45) is 0 Å². The number of aromatic nitrogens is 3. The zero-order chi connectivity index (χ0) is 15.2. The third-order valence-corrected chi connectivity index (χ3v) is 3.32. The molecule has 0 aliphatic carbocycles. The Morgan fingerprint density at radius 3 is 2.67 bits per heavy atom. The van der Waals surface area contributed by atoms with Crippen LogP contribution in [0.1, 0.15) is 13.8 Å². The second-order valence-electron chi connectivity index (χ2n) is 3.98. The van der Waals surface area contributed by atoms with Gasteiger partial charge in [0.1, 0.15) is 0 Å². The summed E-state index contributed by atoms with van der Waals surface area (Å²) in [4.78, 5) is 12.7. The largest absolute Gasteiger partial charge is 0.464 e. The SMILES string of the molecule is CCNc1nc(Nc2cc(Cl)ccc2Br)nc(OCC)n1. The maximum Gasteiger partial charge on any atom is 0.323 e. The van der Waals surface area contributed by atoms with Crippen LogP contribution < -0.4 is 15.4 Å². The Bertz CT molecular complexity index is 601. The molecule has 0 fully saturated rings. The molecule has 0 spiro atoms. The monoisotopic (exact) mass is 371 g/mol. The highest BCUT2D eigenvalue weighted by Crippen LogP contribution is 2.28. The van der Waals surface area contributed by atoms with Crippen LogP contribution in [0.3, 0.4) is 0 Å². The van der Waals surface area contributed by atoms with Crippen molar-refractivity contribution in [3.05, 3.63) is 27.7 Å². The maximum atomic E-state index is 5.99. The molecule has 0 radical (unpaired) electrons. The minimum Gasteiger partial charge on any atom is -0.464 e. The average Bonchev–Trinajstić information content (AvgIpc) is 2.43. The predicted molar refractivity (Wildman–Crippen MR) is 87.6 cm³/mol. The minimum atomic E-state index is 0.268. The summed E-state index contributed by atoms with van der Waals surface area (Å²) in [6.45, 7) is 5.02. The molecule has 0 aliphatic heterocycles. The van der Waals surface area contributed by atoms with Crippen LogP contribution in [0.25, 0.3) is 0 Å². The van der Waals surface area contributed by atoms with E-state index in [1.807, 2.05) is 19.9 Å². The molecule has 2 aromatic rings. The van der Waals surface area contributed by atoms with Gasteiger partial charge >= 0.3 is 6.01 Å². The van der Waals surface area contributed by atoms with Gasteiger partial charge in [-0.3, -0.25) is 0 Å². The Morgan fingerprint density at radius 2 is 1.95 bits per heavy atom. The standard InChI is InChI=1S/C13H15BrClN5O/c1-3-16-11-18-12(20-13(19-11)21-4-2)17-10-7-8(15)5-6-9(10)14/h5-7H,3-4H2,1-2H3,(H2,16,17,18,19,20). The lowest BCUT2D eigenvalue weighted by atomic mass is 10.3. The third kappa shape index (κ3) is 4.44. The Balaban J connectivity index is 2.31. The van der Waals surface area contributed by atoms with Crippen molar-refractivity contribution in [3.63, 3.8) is 0 Å². The third-order valence-electron chi connectivity index (χ3n) is 2.40. The van der Waals surface area contributed by atoms with Crippen molar-refractivity contribution < 1.29 is 4.74 Å². The number of hydrogen-bond donors (Lipinski definition) is 2. The van der Waals surface area contributed by atoms with Gasteiger partial charge in [0.15, 0.2) is 0 Å². The van der Waals surface area contributed by atoms with Gasteiger partial charge in [-0.1, -0.05) is 11.6 Å². The number of hydrogen-bond acceptors (Lipinski definition) is 6. The summed E-state index contributed by atoms with van der Waals surface area (Å²) in [5.74, 6) is 0.837. The molecule has 2 N–H and O–H groups in total. The summed E-state index contributed by atoms with van der Waals surface area (Å²) in [5, 5.41) is 6.75. The fourth-order valence-corrected chi connectivity index (χ4v) is 2.07. The van der Waals surface area contributed by atoms with E-state index in [0.29, 0.717) is 30.1 Å². The highest BCUT2D eigenvalue weighted by molar-refractivity contribution is 9.10. The van der Waals surface area contributed by atoms with Gasteiger partial charge in [0.25, 0.3) is 0 Å². The van der Waals surface area contributed by atoms with Gasteiger partial charge < -0.3 is 15.4 Å². The van der Waals surface area contributed by atoms with Crippen molar-refractivity contribution in [2.45, 2.75) is 13.8 Å². The molecular formula is C13H15BrClN5O. The lowest BCUT2D eigenvalue weighted by molar-refractivity contribution is 0.312. The molecule has 6 nitrogen and oxygen atoms in total. The lowest BCUT2D eigenvalue weighted by Crippen LogP contribution is -2.09. The van der Waals surface area contributed by atoms with Crippen LogP contribution >= 0.6 is 27.5 Å². The van der Waals surface area contributed by atoms with Crippen LogP contribution in [-0.4, -0.2) is 28.1 Å². The number of benzene rings is 1. The number of halogens is 2. The number of ether oxygens (including phenoxy) is 1. The summed E-state index contributed by atoms with van der Waals surface area (Å²) < 4.78 is 6.20. The molecule has 0 aliphatic rings. The summed E-state index contributed by atoms with van der Waals surface area (Å²) in [6.07, 6.45) is 0. The summed E-state index contributed by atoms with van der Waals surface area (Å²) in [6, 6.07) is 5.69. The second-order valence-corrected chi connectivity index (χ2v) is 5.27. The van der Waals surface area contributed by atoms with Crippen LogP contribution in [0.4, 0.5) is 17.6 Å². The van der Waals surface area contributed by atoms with E-state index in [0.717, 1.165) is 10.2 Å². The molecule has 1 heterocycles. The van der Waals surface area contributed by atoms with Gasteiger partial charge in [0.2, 0.25) is 11.9 Å². The molecule has 0 saturated carbocycles. The zero-order valence-electron chi connectivity index (χ0n) is 11.7. The van der Waals surface area contributed by atoms with Crippen LogP contribution in [-0.2, 0) is 0 Å². The Morgan fingerprint density at radius 1 is 1.19 bits per heavy atom. The fourth-order valence-electron chi connectivity index (χ4n) is 1.56. The first kappa shape index (κ1) is 15.8. The van der Waals surface area contributed by atoms with Crippen LogP contribution in [0.2, 0.25) is 5.02 Å². The van der Waals surface area contributed by atoms with E-state index < -0.39 is 0 Å². The number of nitrogens with one attached hydrogen (secondary N) is 2. The van der Waals surface area contributed by atoms with Gasteiger partial charge in [-0.2, -0.15) is 15.0 Å². The van der Waals surface area contributed by atoms with E-state index in [1.54, 1.807) is 12.1 Å².